The quantitative estimate of drug-likeness (QED) is 0.804. The van der Waals surface area contributed by atoms with Crippen molar-refractivity contribution in [2.75, 3.05) is 13.2 Å². The Bertz CT molecular complexity index is 428. The van der Waals surface area contributed by atoms with Crippen LogP contribution in [0.2, 0.25) is 0 Å². The number of ether oxygens (including phenoxy) is 1. The van der Waals surface area contributed by atoms with E-state index in [1.54, 1.807) is 0 Å². The van der Waals surface area contributed by atoms with Crippen molar-refractivity contribution >= 4 is 21.8 Å². The minimum atomic E-state index is -0.374. The molecule has 0 spiro atoms. The van der Waals surface area contributed by atoms with Crippen molar-refractivity contribution in [3.8, 4) is 5.75 Å². The summed E-state index contributed by atoms with van der Waals surface area (Å²) in [6.45, 7) is 1.84. The maximum Gasteiger partial charge on any atom is 0.258 e. The highest BCUT2D eigenvalue weighted by atomic mass is 79.9. The van der Waals surface area contributed by atoms with Crippen molar-refractivity contribution in [3.63, 3.8) is 0 Å². The van der Waals surface area contributed by atoms with Crippen LogP contribution in [0.15, 0.2) is 22.7 Å². The van der Waals surface area contributed by atoms with Gasteiger partial charge in [0.05, 0.1) is 4.47 Å². The second kappa shape index (κ2) is 8.12. The molecule has 0 aliphatic heterocycles. The highest BCUT2D eigenvalue weighted by Gasteiger charge is 2.09. The van der Waals surface area contributed by atoms with E-state index < -0.39 is 0 Å². The molecule has 0 saturated carbocycles. The fraction of sp³-hybridized carbons (Fsp3) is 0.462. The summed E-state index contributed by atoms with van der Waals surface area (Å²) >= 11 is 3.16. The lowest BCUT2D eigenvalue weighted by Gasteiger charge is -2.14. The first-order valence-corrected chi connectivity index (χ1v) is 6.80. The van der Waals surface area contributed by atoms with Gasteiger partial charge in [-0.15, -0.1) is 0 Å². The van der Waals surface area contributed by atoms with Gasteiger partial charge in [0.2, 0.25) is 0 Å². The van der Waals surface area contributed by atoms with E-state index in [0.29, 0.717) is 23.1 Å². The minimum absolute atomic E-state index is 0.0140. The van der Waals surface area contributed by atoms with Crippen LogP contribution in [0.25, 0.3) is 0 Å². The molecule has 1 atom stereocenters. The predicted octanol–water partition coefficient (Wildman–Crippen LogP) is 2.24. The minimum Gasteiger partial charge on any atom is -0.483 e. The third-order valence-corrected chi connectivity index (χ3v) is 3.08. The van der Waals surface area contributed by atoms with Crippen LogP contribution >= 0.6 is 15.9 Å². The van der Waals surface area contributed by atoms with E-state index in [4.69, 9.17) is 9.84 Å². The number of aliphatic hydroxyl groups excluding tert-OH is 1. The zero-order valence-corrected chi connectivity index (χ0v) is 12.2. The molecule has 0 aliphatic carbocycles. The number of nitrogens with one attached hydrogen (secondary N) is 1. The summed E-state index contributed by atoms with van der Waals surface area (Å²) in [6, 6.07) is 3.99. The molecular formula is C13H17BrFNO3. The van der Waals surface area contributed by atoms with Crippen molar-refractivity contribution in [2.24, 2.45) is 0 Å². The number of halogens is 2. The lowest BCUT2D eigenvalue weighted by Crippen LogP contribution is -2.36. The molecule has 1 unspecified atom stereocenters. The topological polar surface area (TPSA) is 58.6 Å². The van der Waals surface area contributed by atoms with Crippen LogP contribution in [0.4, 0.5) is 4.39 Å². The zero-order chi connectivity index (χ0) is 14.3. The van der Waals surface area contributed by atoms with Crippen LogP contribution in [0.1, 0.15) is 19.8 Å². The Hall–Kier alpha value is -1.14. The first-order valence-electron chi connectivity index (χ1n) is 6.01. The number of carbonyl (C=O) groups is 1. The van der Waals surface area contributed by atoms with E-state index >= 15 is 0 Å². The Labute approximate surface area is 120 Å². The summed E-state index contributed by atoms with van der Waals surface area (Å²) in [5, 5.41) is 11.4. The van der Waals surface area contributed by atoms with Gasteiger partial charge in [0.1, 0.15) is 11.6 Å². The maximum absolute atomic E-state index is 12.9. The van der Waals surface area contributed by atoms with Crippen molar-refractivity contribution in [1.29, 1.82) is 0 Å². The number of aliphatic hydroxyl groups is 1. The fourth-order valence-corrected chi connectivity index (χ4v) is 1.99. The van der Waals surface area contributed by atoms with Gasteiger partial charge in [-0.1, -0.05) is 0 Å². The lowest BCUT2D eigenvalue weighted by molar-refractivity contribution is -0.123. The summed E-state index contributed by atoms with van der Waals surface area (Å²) in [6.07, 6.45) is 1.36. The van der Waals surface area contributed by atoms with E-state index in [1.807, 2.05) is 6.92 Å². The Kier molecular flexibility index (Phi) is 6.80. The van der Waals surface area contributed by atoms with Gasteiger partial charge in [0.25, 0.3) is 5.91 Å². The second-order valence-electron chi connectivity index (χ2n) is 4.20. The highest BCUT2D eigenvalue weighted by Crippen LogP contribution is 2.25. The first kappa shape index (κ1) is 15.9. The summed E-state index contributed by atoms with van der Waals surface area (Å²) < 4.78 is 18.6. The van der Waals surface area contributed by atoms with Crippen LogP contribution in [0.3, 0.4) is 0 Å². The Balaban J connectivity index is 2.37. The average molecular weight is 334 g/mol. The van der Waals surface area contributed by atoms with Gasteiger partial charge in [-0.3, -0.25) is 4.79 Å². The van der Waals surface area contributed by atoms with Gasteiger partial charge in [-0.25, -0.2) is 4.39 Å². The van der Waals surface area contributed by atoms with E-state index in [9.17, 15) is 9.18 Å². The molecule has 0 aliphatic rings. The number of hydrogen-bond acceptors (Lipinski definition) is 3. The van der Waals surface area contributed by atoms with Crippen molar-refractivity contribution in [1.82, 2.24) is 5.32 Å². The van der Waals surface area contributed by atoms with Gasteiger partial charge in [-0.2, -0.15) is 0 Å². The monoisotopic (exact) mass is 333 g/mol. The summed E-state index contributed by atoms with van der Waals surface area (Å²) in [5.74, 6) is -0.206. The largest absolute Gasteiger partial charge is 0.483 e. The molecule has 0 fully saturated rings. The van der Waals surface area contributed by atoms with E-state index in [0.717, 1.165) is 0 Å². The van der Waals surface area contributed by atoms with Crippen LogP contribution < -0.4 is 10.1 Å². The molecule has 1 aromatic rings. The van der Waals surface area contributed by atoms with Gasteiger partial charge < -0.3 is 15.2 Å². The molecule has 19 heavy (non-hydrogen) atoms. The van der Waals surface area contributed by atoms with E-state index in [1.165, 1.54) is 18.2 Å². The zero-order valence-electron chi connectivity index (χ0n) is 10.7. The number of hydrogen-bond donors (Lipinski definition) is 2. The Morgan fingerprint density at radius 1 is 1.58 bits per heavy atom. The van der Waals surface area contributed by atoms with E-state index in [2.05, 4.69) is 21.2 Å². The van der Waals surface area contributed by atoms with E-state index in [-0.39, 0.29) is 31.0 Å². The molecule has 1 aromatic carbocycles. The van der Waals surface area contributed by atoms with Crippen LogP contribution in [-0.4, -0.2) is 30.3 Å². The predicted molar refractivity (Wildman–Crippen MR) is 73.5 cm³/mol. The third-order valence-electron chi connectivity index (χ3n) is 2.46. The summed E-state index contributed by atoms with van der Waals surface area (Å²) in [5.41, 5.74) is 0. The SMILES string of the molecule is CC(CCCO)NC(=O)COc1ccc(F)cc1Br. The Morgan fingerprint density at radius 3 is 2.95 bits per heavy atom. The van der Waals surface area contributed by atoms with Crippen molar-refractivity contribution in [2.45, 2.75) is 25.8 Å². The molecule has 0 saturated heterocycles. The molecule has 0 aromatic heterocycles. The summed E-state index contributed by atoms with van der Waals surface area (Å²) in [4.78, 5) is 11.6. The number of benzene rings is 1. The van der Waals surface area contributed by atoms with Gasteiger partial charge in [-0.05, 0) is 53.9 Å². The molecular weight excluding hydrogens is 317 g/mol. The third kappa shape index (κ3) is 6.02. The maximum atomic E-state index is 12.9. The Morgan fingerprint density at radius 2 is 2.32 bits per heavy atom. The normalized spacial score (nSPS) is 12.0. The standard InChI is InChI=1S/C13H17BrFNO3/c1-9(3-2-6-17)16-13(18)8-19-12-5-4-10(15)7-11(12)14/h4-5,7,9,17H,2-3,6,8H2,1H3,(H,16,18). The van der Waals surface area contributed by atoms with Crippen molar-refractivity contribution in [3.05, 3.63) is 28.5 Å². The molecule has 0 bridgehead atoms. The molecule has 106 valence electrons. The van der Waals surface area contributed by atoms with Gasteiger partial charge in [0, 0.05) is 12.6 Å². The second-order valence-corrected chi connectivity index (χ2v) is 5.05. The highest BCUT2D eigenvalue weighted by molar-refractivity contribution is 9.10. The molecule has 2 N–H and O–H groups in total. The number of carbonyl (C=O) groups excluding carboxylic acids is 1. The molecule has 1 amide bonds. The number of rotatable bonds is 7. The molecule has 4 nitrogen and oxygen atoms in total. The van der Waals surface area contributed by atoms with Crippen LogP contribution in [-0.2, 0) is 4.79 Å². The number of amides is 1. The van der Waals surface area contributed by atoms with Crippen LogP contribution in [0.5, 0.6) is 5.75 Å². The van der Waals surface area contributed by atoms with Crippen molar-refractivity contribution < 1.29 is 19.0 Å². The molecule has 1 rings (SSSR count). The lowest BCUT2D eigenvalue weighted by atomic mass is 10.2. The van der Waals surface area contributed by atoms with Gasteiger partial charge >= 0.3 is 0 Å². The molecule has 6 heteroatoms. The summed E-state index contributed by atoms with van der Waals surface area (Å²) in [7, 11) is 0. The molecule has 0 heterocycles. The van der Waals surface area contributed by atoms with Crippen LogP contribution in [0, 0.1) is 5.82 Å². The molecule has 0 radical (unpaired) electrons. The van der Waals surface area contributed by atoms with Gasteiger partial charge in [0.15, 0.2) is 6.61 Å². The fourth-order valence-electron chi connectivity index (χ4n) is 1.52. The smallest absolute Gasteiger partial charge is 0.258 e. The average Bonchev–Trinajstić information content (AvgIpc) is 2.35. The first-order chi connectivity index (χ1) is 9.02.